The average molecular weight is 565 g/mol. The fourth-order valence-electron chi connectivity index (χ4n) is 4.07. The first kappa shape index (κ1) is 31.3. The Kier molecular flexibility index (Phi) is 9.60. The van der Waals surface area contributed by atoms with Gasteiger partial charge in [-0.05, 0) is 72.9 Å². The molecule has 10 heteroatoms. The van der Waals surface area contributed by atoms with Gasteiger partial charge in [0.25, 0.3) is 5.91 Å². The lowest BCUT2D eigenvalue weighted by Crippen LogP contribution is -2.44. The van der Waals surface area contributed by atoms with Crippen LogP contribution in [-0.2, 0) is 15.9 Å². The largest absolute Gasteiger partial charge is 0.443 e. The molecule has 220 valence electrons. The summed E-state index contributed by atoms with van der Waals surface area (Å²) in [6, 6.07) is 9.60. The van der Waals surface area contributed by atoms with Gasteiger partial charge in [-0.15, -0.1) is 0 Å². The Morgan fingerprint density at radius 2 is 1.59 bits per heavy atom. The van der Waals surface area contributed by atoms with Crippen LogP contribution >= 0.6 is 0 Å². The van der Waals surface area contributed by atoms with Gasteiger partial charge in [0.05, 0.1) is 17.9 Å². The zero-order valence-electron chi connectivity index (χ0n) is 25.1. The van der Waals surface area contributed by atoms with Gasteiger partial charge in [0, 0.05) is 18.4 Å². The van der Waals surface area contributed by atoms with Crippen LogP contribution in [0.4, 0.5) is 15.3 Å². The third-order valence-electron chi connectivity index (χ3n) is 5.92. The number of nitrogens with zero attached hydrogens (tertiary/aromatic N) is 3. The summed E-state index contributed by atoms with van der Waals surface area (Å²) in [7, 11) is 0. The van der Waals surface area contributed by atoms with Crippen molar-refractivity contribution in [3.8, 4) is 0 Å². The molecular weight excluding hydrogens is 524 g/mol. The maximum atomic E-state index is 13.7. The van der Waals surface area contributed by atoms with Crippen molar-refractivity contribution in [1.82, 2.24) is 14.7 Å². The number of aryl methyl sites for hydroxylation is 2. The Morgan fingerprint density at radius 1 is 1.00 bits per heavy atom. The van der Waals surface area contributed by atoms with Gasteiger partial charge in [0.1, 0.15) is 16.9 Å². The molecule has 0 aliphatic heterocycles. The Bertz CT molecular complexity index is 1420. The molecule has 0 aliphatic rings. The number of carbonyl (C=O) groups excluding carboxylic acids is 3. The molecule has 41 heavy (non-hydrogen) atoms. The van der Waals surface area contributed by atoms with E-state index in [1.807, 2.05) is 49.4 Å². The van der Waals surface area contributed by atoms with E-state index in [4.69, 9.17) is 14.5 Å². The summed E-state index contributed by atoms with van der Waals surface area (Å²) in [5, 5.41) is 12.0. The van der Waals surface area contributed by atoms with E-state index in [0.717, 1.165) is 16.2 Å². The van der Waals surface area contributed by atoms with E-state index in [-0.39, 0.29) is 30.8 Å². The number of amides is 3. The van der Waals surface area contributed by atoms with Gasteiger partial charge in [0.2, 0.25) is 0 Å². The molecule has 0 fully saturated rings. The zero-order chi connectivity index (χ0) is 30.5. The Labute approximate surface area is 241 Å². The SMILES string of the molecule is Cc1nc2c(N(C(=O)OC(C)(C)C)C(=O)OC(C)(C)C)c(CC=Cc3ccccc3)c(C(=O)NCCO)cn2c1C. The van der Waals surface area contributed by atoms with Crippen LogP contribution in [0.3, 0.4) is 0 Å². The van der Waals surface area contributed by atoms with E-state index in [1.54, 1.807) is 59.1 Å². The summed E-state index contributed by atoms with van der Waals surface area (Å²) in [4.78, 5) is 46.5. The number of carbonyl (C=O) groups is 3. The van der Waals surface area contributed by atoms with Crippen LogP contribution in [0.5, 0.6) is 0 Å². The average Bonchev–Trinajstić information content (AvgIpc) is 3.14. The molecular formula is C31H40N4O6. The van der Waals surface area contributed by atoms with E-state index < -0.39 is 29.3 Å². The molecule has 0 atom stereocenters. The van der Waals surface area contributed by atoms with Gasteiger partial charge < -0.3 is 24.3 Å². The summed E-state index contributed by atoms with van der Waals surface area (Å²) in [6.07, 6.45) is 3.60. The highest BCUT2D eigenvalue weighted by Crippen LogP contribution is 2.34. The van der Waals surface area contributed by atoms with Gasteiger partial charge in [0.15, 0.2) is 5.65 Å². The number of rotatable bonds is 7. The number of aromatic nitrogens is 2. The first-order valence-electron chi connectivity index (χ1n) is 13.5. The second-order valence-corrected chi connectivity index (χ2v) is 11.6. The minimum absolute atomic E-state index is 0.0231. The zero-order valence-corrected chi connectivity index (χ0v) is 25.1. The Hall–Kier alpha value is -4.18. The van der Waals surface area contributed by atoms with Crippen LogP contribution in [-0.4, -0.2) is 56.9 Å². The van der Waals surface area contributed by atoms with Gasteiger partial charge in [-0.25, -0.2) is 14.6 Å². The quantitative estimate of drug-likeness (QED) is 0.383. The van der Waals surface area contributed by atoms with E-state index >= 15 is 0 Å². The van der Waals surface area contributed by atoms with Crippen molar-refractivity contribution >= 4 is 35.5 Å². The Morgan fingerprint density at radius 3 is 2.12 bits per heavy atom. The molecule has 2 N–H and O–H groups in total. The molecule has 0 saturated heterocycles. The van der Waals surface area contributed by atoms with Crippen molar-refractivity contribution < 1.29 is 29.0 Å². The number of anilines is 1. The van der Waals surface area contributed by atoms with Gasteiger partial charge in [-0.2, -0.15) is 4.90 Å². The highest BCUT2D eigenvalue weighted by atomic mass is 16.6. The monoisotopic (exact) mass is 564 g/mol. The molecule has 2 heterocycles. The second-order valence-electron chi connectivity index (χ2n) is 11.6. The van der Waals surface area contributed by atoms with Crippen molar-refractivity contribution in [2.45, 2.75) is 73.0 Å². The second kappa shape index (κ2) is 12.6. The van der Waals surface area contributed by atoms with Crippen molar-refractivity contribution in [2.75, 3.05) is 18.1 Å². The fraction of sp³-hybridized carbons (Fsp3) is 0.419. The highest BCUT2D eigenvalue weighted by molar-refractivity contribution is 6.14. The topological polar surface area (TPSA) is 122 Å². The number of nitrogens with one attached hydrogen (secondary N) is 1. The minimum Gasteiger partial charge on any atom is -0.443 e. The number of hydrogen-bond donors (Lipinski definition) is 2. The van der Waals surface area contributed by atoms with E-state index in [1.165, 1.54) is 0 Å². The molecule has 3 rings (SSSR count). The first-order valence-corrected chi connectivity index (χ1v) is 13.5. The molecule has 0 unspecified atom stereocenters. The van der Waals surface area contributed by atoms with Crippen molar-refractivity contribution in [1.29, 1.82) is 0 Å². The lowest BCUT2D eigenvalue weighted by Gasteiger charge is -2.30. The molecule has 3 aromatic rings. The number of pyridine rings is 1. The molecule has 0 aliphatic carbocycles. The van der Waals surface area contributed by atoms with Crippen molar-refractivity contribution in [3.05, 3.63) is 70.7 Å². The van der Waals surface area contributed by atoms with Gasteiger partial charge in [-0.3, -0.25) is 4.79 Å². The molecule has 0 radical (unpaired) electrons. The summed E-state index contributed by atoms with van der Waals surface area (Å²) in [6.45, 7) is 13.6. The van der Waals surface area contributed by atoms with Crippen LogP contribution < -0.4 is 10.2 Å². The summed E-state index contributed by atoms with van der Waals surface area (Å²) in [5.74, 6) is -0.482. The standard InChI is InChI=1S/C31H40N4O6/c1-20-21(2)34-19-24(27(37)32-17-18-36)23(16-12-15-22-13-10-9-11-14-22)25(26(34)33-20)35(28(38)40-30(3,4)5)29(39)41-31(6,7)8/h9-15,19,36H,16-18H2,1-8H3,(H,32,37). The van der Waals surface area contributed by atoms with E-state index in [9.17, 15) is 19.5 Å². The third kappa shape index (κ3) is 7.94. The molecule has 0 bridgehead atoms. The fourth-order valence-corrected chi connectivity index (χ4v) is 4.07. The predicted octanol–water partition coefficient (Wildman–Crippen LogP) is 5.61. The number of imide groups is 1. The highest BCUT2D eigenvalue weighted by Gasteiger charge is 2.37. The number of ether oxygens (including phenoxy) is 2. The molecule has 2 aromatic heterocycles. The lowest BCUT2D eigenvalue weighted by molar-refractivity contribution is 0.0430. The number of allylic oxidation sites excluding steroid dienone is 1. The van der Waals surface area contributed by atoms with Crippen LogP contribution in [0.2, 0.25) is 0 Å². The van der Waals surface area contributed by atoms with Crippen LogP contribution in [0.1, 0.15) is 74.4 Å². The maximum absolute atomic E-state index is 13.7. The number of benzene rings is 1. The third-order valence-corrected chi connectivity index (χ3v) is 5.92. The summed E-state index contributed by atoms with van der Waals surface area (Å²) < 4.78 is 13.0. The normalized spacial score (nSPS) is 12.0. The van der Waals surface area contributed by atoms with Crippen molar-refractivity contribution in [3.63, 3.8) is 0 Å². The molecule has 1 aromatic carbocycles. The number of aliphatic hydroxyl groups excluding tert-OH is 1. The van der Waals surface area contributed by atoms with Crippen LogP contribution in [0.15, 0.2) is 42.6 Å². The molecule has 0 spiro atoms. The lowest BCUT2D eigenvalue weighted by atomic mass is 10.0. The van der Waals surface area contributed by atoms with E-state index in [2.05, 4.69) is 5.32 Å². The van der Waals surface area contributed by atoms with Gasteiger partial charge >= 0.3 is 12.2 Å². The van der Waals surface area contributed by atoms with Crippen LogP contribution in [0.25, 0.3) is 11.7 Å². The number of imidazole rings is 1. The minimum atomic E-state index is -0.965. The van der Waals surface area contributed by atoms with Gasteiger partial charge in [-0.1, -0.05) is 42.5 Å². The smallest absolute Gasteiger partial charge is 0.424 e. The first-order chi connectivity index (χ1) is 19.1. The summed E-state index contributed by atoms with van der Waals surface area (Å²) in [5.41, 5.74) is 1.38. The van der Waals surface area contributed by atoms with E-state index in [0.29, 0.717) is 16.9 Å². The maximum Gasteiger partial charge on any atom is 0.424 e. The number of aliphatic hydroxyl groups is 1. The van der Waals surface area contributed by atoms with Crippen LogP contribution in [0, 0.1) is 13.8 Å². The predicted molar refractivity (Wildman–Crippen MR) is 158 cm³/mol. The number of fused-ring (bicyclic) bond motifs is 1. The number of hydrogen-bond acceptors (Lipinski definition) is 7. The van der Waals surface area contributed by atoms with Crippen molar-refractivity contribution in [2.24, 2.45) is 0 Å². The molecule has 10 nitrogen and oxygen atoms in total. The molecule has 3 amide bonds. The summed E-state index contributed by atoms with van der Waals surface area (Å²) >= 11 is 0. The molecule has 0 saturated carbocycles. The Balaban J connectivity index is 2.37.